The third-order valence-electron chi connectivity index (χ3n) is 4.85. The number of hydrogen-bond acceptors (Lipinski definition) is 3. The van der Waals surface area contributed by atoms with Crippen molar-refractivity contribution in [3.8, 4) is 11.1 Å². The maximum atomic E-state index is 11.2. The largest absolute Gasteiger partial charge is 0.346 e. The second kappa shape index (κ2) is 7.07. The molecule has 0 bridgehead atoms. The molecule has 25 heavy (non-hydrogen) atoms. The van der Waals surface area contributed by atoms with Crippen LogP contribution in [-0.2, 0) is 13.6 Å². The van der Waals surface area contributed by atoms with Gasteiger partial charge in [0.2, 0.25) is 0 Å². The predicted octanol–water partition coefficient (Wildman–Crippen LogP) is 4.60. The van der Waals surface area contributed by atoms with Crippen molar-refractivity contribution < 1.29 is 4.92 Å². The van der Waals surface area contributed by atoms with E-state index in [1.54, 1.807) is 12.1 Å². The van der Waals surface area contributed by atoms with E-state index < -0.39 is 0 Å². The minimum atomic E-state index is -0.328. The monoisotopic (exact) mass is 337 g/mol. The first-order valence-electron chi connectivity index (χ1n) is 8.60. The number of rotatable bonds is 6. The molecule has 2 aromatic carbocycles. The summed E-state index contributed by atoms with van der Waals surface area (Å²) in [6, 6.07) is 15.3. The lowest BCUT2D eigenvalue weighted by molar-refractivity contribution is -0.384. The molecular formula is C20H23N3O2. The quantitative estimate of drug-likeness (QED) is 0.488. The lowest BCUT2D eigenvalue weighted by atomic mass is 10.0. The highest BCUT2D eigenvalue weighted by Crippen LogP contribution is 2.36. The van der Waals surface area contributed by atoms with Crippen LogP contribution in [0.1, 0.15) is 19.5 Å². The van der Waals surface area contributed by atoms with Gasteiger partial charge in [0.05, 0.1) is 4.92 Å². The Bertz CT molecular complexity index is 896. The van der Waals surface area contributed by atoms with E-state index in [0.29, 0.717) is 0 Å². The highest BCUT2D eigenvalue weighted by Gasteiger charge is 2.20. The summed E-state index contributed by atoms with van der Waals surface area (Å²) in [4.78, 5) is 13.3. The van der Waals surface area contributed by atoms with Crippen LogP contribution in [0.5, 0.6) is 0 Å². The molecule has 0 aliphatic rings. The number of hydrogen-bond donors (Lipinski definition) is 0. The third-order valence-corrected chi connectivity index (χ3v) is 4.85. The SMILES string of the molecule is CCN(CC)Cc1c(-c2ccccc2)c2cc([N+](=O)[O-])ccc2n1C. The zero-order valence-electron chi connectivity index (χ0n) is 14.9. The van der Waals surface area contributed by atoms with Crippen LogP contribution in [0.4, 0.5) is 5.69 Å². The average Bonchev–Trinajstić information content (AvgIpc) is 2.91. The van der Waals surface area contributed by atoms with Gasteiger partial charge < -0.3 is 4.57 Å². The number of non-ortho nitro benzene ring substituents is 1. The van der Waals surface area contributed by atoms with Gasteiger partial charge in [-0.15, -0.1) is 0 Å². The van der Waals surface area contributed by atoms with Crippen molar-refractivity contribution >= 4 is 16.6 Å². The molecule has 0 aliphatic carbocycles. The van der Waals surface area contributed by atoms with E-state index in [1.165, 1.54) is 5.69 Å². The zero-order valence-corrected chi connectivity index (χ0v) is 14.9. The lowest BCUT2D eigenvalue weighted by Crippen LogP contribution is -2.23. The van der Waals surface area contributed by atoms with Crippen LogP contribution in [0.3, 0.4) is 0 Å². The van der Waals surface area contributed by atoms with Crippen molar-refractivity contribution in [3.05, 3.63) is 64.3 Å². The van der Waals surface area contributed by atoms with E-state index in [0.717, 1.165) is 41.7 Å². The Morgan fingerprint density at radius 2 is 1.76 bits per heavy atom. The van der Waals surface area contributed by atoms with Gasteiger partial charge in [0.25, 0.3) is 5.69 Å². The highest BCUT2D eigenvalue weighted by molar-refractivity contribution is 5.99. The number of aryl methyl sites for hydroxylation is 1. The van der Waals surface area contributed by atoms with Gasteiger partial charge >= 0.3 is 0 Å². The summed E-state index contributed by atoms with van der Waals surface area (Å²) in [5.74, 6) is 0. The molecule has 1 aromatic heterocycles. The Hall–Kier alpha value is -2.66. The van der Waals surface area contributed by atoms with Gasteiger partial charge in [0.1, 0.15) is 0 Å². The molecule has 0 amide bonds. The van der Waals surface area contributed by atoms with Gasteiger partial charge in [-0.3, -0.25) is 15.0 Å². The Labute approximate surface area is 147 Å². The van der Waals surface area contributed by atoms with E-state index in [1.807, 2.05) is 31.3 Å². The summed E-state index contributed by atoms with van der Waals surface area (Å²) in [5.41, 5.74) is 4.52. The van der Waals surface area contributed by atoms with Gasteiger partial charge in [0.15, 0.2) is 0 Å². The second-order valence-corrected chi connectivity index (χ2v) is 6.17. The maximum absolute atomic E-state index is 11.2. The van der Waals surface area contributed by atoms with Crippen LogP contribution in [0.15, 0.2) is 48.5 Å². The van der Waals surface area contributed by atoms with Gasteiger partial charge in [-0.05, 0) is 24.7 Å². The third kappa shape index (κ3) is 3.15. The topological polar surface area (TPSA) is 51.3 Å². The Balaban J connectivity index is 2.29. The Kier molecular flexibility index (Phi) is 4.86. The molecular weight excluding hydrogens is 314 g/mol. The van der Waals surface area contributed by atoms with E-state index in [2.05, 4.69) is 35.4 Å². The summed E-state index contributed by atoms with van der Waals surface area (Å²) in [6.07, 6.45) is 0. The Morgan fingerprint density at radius 3 is 2.36 bits per heavy atom. The number of aromatic nitrogens is 1. The van der Waals surface area contributed by atoms with Gasteiger partial charge in [-0.25, -0.2) is 0 Å². The summed E-state index contributed by atoms with van der Waals surface area (Å²) < 4.78 is 2.17. The van der Waals surface area contributed by atoms with Crippen molar-refractivity contribution in [3.63, 3.8) is 0 Å². The van der Waals surface area contributed by atoms with Crippen LogP contribution < -0.4 is 0 Å². The second-order valence-electron chi connectivity index (χ2n) is 6.17. The first-order chi connectivity index (χ1) is 12.1. The number of nitrogens with zero attached hydrogens (tertiary/aromatic N) is 3. The minimum absolute atomic E-state index is 0.129. The van der Waals surface area contributed by atoms with E-state index >= 15 is 0 Å². The normalized spacial score (nSPS) is 11.4. The summed E-state index contributed by atoms with van der Waals surface area (Å²) in [5, 5.41) is 12.2. The smallest absolute Gasteiger partial charge is 0.270 e. The summed E-state index contributed by atoms with van der Waals surface area (Å²) >= 11 is 0. The molecule has 0 unspecified atom stereocenters. The molecule has 130 valence electrons. The van der Waals surface area contributed by atoms with Gasteiger partial charge in [0, 0.05) is 47.9 Å². The fourth-order valence-corrected chi connectivity index (χ4v) is 3.37. The molecule has 0 fully saturated rings. The molecule has 5 nitrogen and oxygen atoms in total. The molecule has 0 N–H and O–H groups in total. The minimum Gasteiger partial charge on any atom is -0.346 e. The predicted molar refractivity (Wildman–Crippen MR) is 102 cm³/mol. The number of nitro groups is 1. The first-order valence-corrected chi connectivity index (χ1v) is 8.60. The molecule has 0 radical (unpaired) electrons. The molecule has 5 heteroatoms. The fraction of sp³-hybridized carbons (Fsp3) is 0.300. The standard InChI is InChI=1S/C20H23N3O2/c1-4-22(5-2)14-19-20(15-9-7-6-8-10-15)17-13-16(23(24)25)11-12-18(17)21(19)3/h6-13H,4-5,14H2,1-3H3. The van der Waals surface area contributed by atoms with E-state index in [-0.39, 0.29) is 10.6 Å². The molecule has 1 heterocycles. The van der Waals surface area contributed by atoms with Crippen molar-refractivity contribution in [2.45, 2.75) is 20.4 Å². The van der Waals surface area contributed by atoms with Crippen molar-refractivity contribution in [2.24, 2.45) is 7.05 Å². The van der Waals surface area contributed by atoms with Crippen LogP contribution in [-0.4, -0.2) is 27.5 Å². The van der Waals surface area contributed by atoms with E-state index in [9.17, 15) is 10.1 Å². The molecule has 0 saturated heterocycles. The maximum Gasteiger partial charge on any atom is 0.270 e. The molecule has 0 aliphatic heterocycles. The van der Waals surface area contributed by atoms with Crippen LogP contribution in [0, 0.1) is 10.1 Å². The van der Waals surface area contributed by atoms with Crippen molar-refractivity contribution in [1.82, 2.24) is 9.47 Å². The number of nitro benzene ring substituents is 1. The average molecular weight is 337 g/mol. The first kappa shape index (κ1) is 17.2. The fourth-order valence-electron chi connectivity index (χ4n) is 3.37. The molecule has 0 atom stereocenters. The van der Waals surface area contributed by atoms with Crippen molar-refractivity contribution in [1.29, 1.82) is 0 Å². The van der Waals surface area contributed by atoms with Gasteiger partial charge in [-0.2, -0.15) is 0 Å². The lowest BCUT2D eigenvalue weighted by Gasteiger charge is -2.20. The van der Waals surface area contributed by atoms with Crippen molar-refractivity contribution in [2.75, 3.05) is 13.1 Å². The van der Waals surface area contributed by atoms with E-state index in [4.69, 9.17) is 0 Å². The number of benzene rings is 2. The molecule has 0 saturated carbocycles. The van der Waals surface area contributed by atoms with Crippen LogP contribution in [0.25, 0.3) is 22.0 Å². The summed E-state index contributed by atoms with van der Waals surface area (Å²) in [6.45, 7) is 7.05. The van der Waals surface area contributed by atoms with Gasteiger partial charge in [-0.1, -0.05) is 44.2 Å². The summed E-state index contributed by atoms with van der Waals surface area (Å²) in [7, 11) is 2.04. The molecule has 0 spiro atoms. The Morgan fingerprint density at radius 1 is 1.08 bits per heavy atom. The van der Waals surface area contributed by atoms with Crippen LogP contribution in [0.2, 0.25) is 0 Å². The zero-order chi connectivity index (χ0) is 18.0. The highest BCUT2D eigenvalue weighted by atomic mass is 16.6. The van der Waals surface area contributed by atoms with Crippen LogP contribution >= 0.6 is 0 Å². The number of fused-ring (bicyclic) bond motifs is 1. The molecule has 3 aromatic rings. The molecule has 3 rings (SSSR count).